The summed E-state index contributed by atoms with van der Waals surface area (Å²) in [5.41, 5.74) is 0. The zero-order valence-electron chi connectivity index (χ0n) is 8.62. The van der Waals surface area contributed by atoms with E-state index in [1.165, 1.54) is 0 Å². The van der Waals surface area contributed by atoms with Crippen LogP contribution in [0.1, 0.15) is 16.0 Å². The normalized spacial score (nSPS) is 0. The molecule has 0 aromatic carbocycles. The molecule has 0 unspecified atom stereocenters. The van der Waals surface area contributed by atoms with Crippen LogP contribution < -0.4 is 0 Å². The molecule has 0 saturated heterocycles. The van der Waals surface area contributed by atoms with Crippen LogP contribution in [0.4, 0.5) is 0 Å². The zero-order valence-corrected chi connectivity index (χ0v) is 9.72. The Kier molecular flexibility index (Phi) is 204. The second kappa shape index (κ2) is 26.0. The van der Waals surface area contributed by atoms with Crippen molar-refractivity contribution in [3.8, 4) is 0 Å². The largest absolute Gasteiger partial charge is 2.00 e. The molecule has 4 heteroatoms. The Morgan fingerprint density at radius 1 is 1.20 bits per heavy atom. The topological polar surface area (TPSA) is 31.5 Å². The molecular weight excluding hydrogens is 180 g/mol. The molecule has 0 aromatic heterocycles. The molecule has 0 aliphatic heterocycles. The first-order chi connectivity index (χ1) is 0. The molecule has 0 radical (unpaired) electrons. The summed E-state index contributed by atoms with van der Waals surface area (Å²) in [5, 5.41) is 0. The van der Waals surface area contributed by atoms with Gasteiger partial charge < -0.3 is 14.0 Å². The maximum Gasteiger partial charge on any atom is 2.00 e. The third kappa shape index (κ3) is 18.6. The van der Waals surface area contributed by atoms with Gasteiger partial charge in [-0.3, -0.25) is 0 Å². The van der Waals surface area contributed by atoms with Gasteiger partial charge in [-0.05, 0) is 0 Å². The van der Waals surface area contributed by atoms with Crippen LogP contribution in [0.25, 0.3) is 0 Å². The average molecular weight is 192 g/mol. The molecule has 28 valence electrons. The summed E-state index contributed by atoms with van der Waals surface area (Å²) in [5.74, 6) is 0. The fraction of sp³-hybridized carbons (Fsp3) is 1.00. The van der Waals surface area contributed by atoms with Crippen LogP contribution in [0.2, 0.25) is 0 Å². The van der Waals surface area contributed by atoms with Gasteiger partial charge in [-0.15, -0.1) is 0 Å². The van der Waals surface area contributed by atoms with E-state index in [4.69, 9.17) is 0 Å². The first kappa shape index (κ1) is 39.3. The van der Waals surface area contributed by atoms with Crippen LogP contribution >= 0.6 is 0 Å². The summed E-state index contributed by atoms with van der Waals surface area (Å²) < 4.78 is 0. The van der Waals surface area contributed by atoms with Crippen molar-refractivity contribution in [2.45, 2.75) is 7.43 Å². The predicted molar refractivity (Wildman–Crippen MR) is 34.3 cm³/mol. The summed E-state index contributed by atoms with van der Waals surface area (Å²) in [4.78, 5) is 0. The van der Waals surface area contributed by atoms with Gasteiger partial charge in [0, 0.05) is 0 Å². The number of hydrogen-bond donors (Lipinski definition) is 0. The van der Waals surface area contributed by atoms with E-state index in [9.17, 15) is 0 Å². The maximum absolute atomic E-state index is 0. The van der Waals surface area contributed by atoms with E-state index in [2.05, 4.69) is 0 Å². The van der Waals surface area contributed by atoms with Crippen LogP contribution in [-0.4, -0.2) is 112 Å². The minimum Gasteiger partial charge on any atom is -1.00 e. The van der Waals surface area contributed by atoms with Crippen LogP contribution in [0.15, 0.2) is 0 Å². The first-order valence-electron chi connectivity index (χ1n) is 0. The summed E-state index contributed by atoms with van der Waals surface area (Å²) in [6.45, 7) is 0. The molecule has 5 heavy (non-hydrogen) atoms. The third-order valence-electron chi connectivity index (χ3n) is 0. The minimum atomic E-state index is 0. The molecule has 0 amide bonds. The van der Waals surface area contributed by atoms with Crippen molar-refractivity contribution < 1.29 is 14.0 Å². The van der Waals surface area contributed by atoms with Crippen LogP contribution in [0.3, 0.4) is 0 Å². The molecule has 0 bridgehead atoms. The van der Waals surface area contributed by atoms with E-state index < -0.39 is 0 Å². The molecule has 0 aliphatic rings. The maximum atomic E-state index is 0. The standard InChI is InChI=1S/CH4.Ca.Mg.H2O.Sr.6H/h1H4;;;1H2;;;;;;;/q;2*+2;;+2;6*-1. The van der Waals surface area contributed by atoms with Gasteiger partial charge in [0.25, 0.3) is 0 Å². The van der Waals surface area contributed by atoms with E-state index in [-0.39, 0.29) is 128 Å². The Bertz CT molecular complexity index is 22.5. The van der Waals surface area contributed by atoms with Gasteiger partial charge in [0.1, 0.15) is 0 Å². The van der Waals surface area contributed by atoms with Crippen molar-refractivity contribution in [3.05, 3.63) is 0 Å². The molecular formula is CH12CaMgOSr. The number of hydrogen-bond acceptors (Lipinski definition) is 0. The fourth-order valence-electron chi connectivity index (χ4n) is 0. The zero-order chi connectivity index (χ0) is 0. The monoisotopic (exact) mass is 192 g/mol. The second-order valence-electron chi connectivity index (χ2n) is 0. The predicted octanol–water partition coefficient (Wildman–Crippen LogP) is -0.656. The number of rotatable bonds is 0. The van der Waals surface area contributed by atoms with E-state index in [1.807, 2.05) is 0 Å². The summed E-state index contributed by atoms with van der Waals surface area (Å²) >= 11 is 0. The van der Waals surface area contributed by atoms with Crippen molar-refractivity contribution in [2.24, 2.45) is 0 Å². The Morgan fingerprint density at radius 2 is 1.20 bits per heavy atom. The van der Waals surface area contributed by atoms with Crippen molar-refractivity contribution >= 4 is 106 Å². The van der Waals surface area contributed by atoms with Crippen LogP contribution in [0.5, 0.6) is 0 Å². The fourth-order valence-corrected chi connectivity index (χ4v) is 0. The van der Waals surface area contributed by atoms with Crippen molar-refractivity contribution in [1.82, 2.24) is 0 Å². The summed E-state index contributed by atoms with van der Waals surface area (Å²) in [7, 11) is 0. The molecule has 0 rings (SSSR count). The Hall–Kier alpha value is 3.47. The van der Waals surface area contributed by atoms with Gasteiger partial charge in [0.2, 0.25) is 0 Å². The van der Waals surface area contributed by atoms with Gasteiger partial charge in [0.15, 0.2) is 0 Å². The Labute approximate surface area is 125 Å². The first-order valence-corrected chi connectivity index (χ1v) is 0. The Balaban J connectivity index is 0. The van der Waals surface area contributed by atoms with Crippen molar-refractivity contribution in [2.75, 3.05) is 0 Å². The average Bonchev–Trinajstić information content (AvgIpc) is 0. The Morgan fingerprint density at radius 3 is 1.20 bits per heavy atom. The van der Waals surface area contributed by atoms with Gasteiger partial charge in [-0.25, -0.2) is 0 Å². The molecule has 2 N–H and O–H groups in total. The van der Waals surface area contributed by atoms with Crippen LogP contribution in [-0.2, 0) is 0 Å². The van der Waals surface area contributed by atoms with Crippen molar-refractivity contribution in [1.29, 1.82) is 0 Å². The summed E-state index contributed by atoms with van der Waals surface area (Å²) in [6, 6.07) is 0. The van der Waals surface area contributed by atoms with E-state index in [0.29, 0.717) is 0 Å². The molecule has 0 spiro atoms. The summed E-state index contributed by atoms with van der Waals surface area (Å²) in [6.07, 6.45) is 0. The van der Waals surface area contributed by atoms with Gasteiger partial charge in [0.05, 0.1) is 0 Å². The molecule has 0 aliphatic carbocycles. The van der Waals surface area contributed by atoms with Gasteiger partial charge >= 0.3 is 106 Å². The third-order valence-corrected chi connectivity index (χ3v) is 0. The van der Waals surface area contributed by atoms with E-state index in [0.717, 1.165) is 0 Å². The second-order valence-corrected chi connectivity index (χ2v) is 0. The molecule has 0 aromatic rings. The molecule has 0 fully saturated rings. The van der Waals surface area contributed by atoms with E-state index in [1.54, 1.807) is 0 Å². The molecule has 0 heterocycles. The molecule has 0 atom stereocenters. The quantitative estimate of drug-likeness (QED) is 0.456. The molecule has 0 saturated carbocycles. The van der Waals surface area contributed by atoms with Gasteiger partial charge in [-0.2, -0.15) is 0 Å². The van der Waals surface area contributed by atoms with Crippen molar-refractivity contribution in [3.63, 3.8) is 0 Å². The van der Waals surface area contributed by atoms with Crippen LogP contribution in [0, 0.1) is 0 Å². The SMILES string of the molecule is C.O.[Ca+2].[H-].[H-].[H-].[H-].[H-].[H-].[Mg+2].[Sr+2]. The smallest absolute Gasteiger partial charge is 1.00 e. The minimum absolute atomic E-state index is 0. The van der Waals surface area contributed by atoms with E-state index >= 15 is 0 Å². The van der Waals surface area contributed by atoms with Gasteiger partial charge in [-0.1, -0.05) is 7.43 Å². The molecule has 1 nitrogen and oxygen atoms in total.